The lowest BCUT2D eigenvalue weighted by Gasteiger charge is -2.14. The van der Waals surface area contributed by atoms with Crippen molar-refractivity contribution in [3.8, 4) is 28.3 Å². The highest BCUT2D eigenvalue weighted by Gasteiger charge is 2.17. The monoisotopic (exact) mass is 369 g/mol. The van der Waals surface area contributed by atoms with E-state index < -0.39 is 6.67 Å². The minimum atomic E-state index is -0.603. The molecule has 2 heterocycles. The molecule has 0 fully saturated rings. The van der Waals surface area contributed by atoms with Crippen molar-refractivity contribution < 1.29 is 9.13 Å². The van der Waals surface area contributed by atoms with Gasteiger partial charge in [0, 0.05) is 23.4 Å². The number of para-hydroxylation sites is 1. The van der Waals surface area contributed by atoms with E-state index in [4.69, 9.17) is 10.5 Å². The number of nitrogens with two attached hydrogens (primary N) is 1. The van der Waals surface area contributed by atoms with E-state index in [2.05, 4.69) is 15.1 Å². The minimum Gasteiger partial charge on any atom is -0.490 e. The number of halogens is 1. The smallest absolute Gasteiger partial charge is 0.267 e. The van der Waals surface area contributed by atoms with Gasteiger partial charge in [0.05, 0.1) is 17.4 Å². The molecular weight excluding hydrogens is 349 g/mol. The van der Waals surface area contributed by atoms with E-state index in [-0.39, 0.29) is 24.2 Å². The normalized spacial score (nSPS) is 11.0. The van der Waals surface area contributed by atoms with Crippen LogP contribution in [0.2, 0.25) is 0 Å². The number of benzene rings is 1. The van der Waals surface area contributed by atoms with Crippen LogP contribution in [0.1, 0.15) is 19.9 Å². The highest BCUT2D eigenvalue weighted by Crippen LogP contribution is 2.35. The van der Waals surface area contributed by atoms with Crippen LogP contribution >= 0.6 is 0 Å². The summed E-state index contributed by atoms with van der Waals surface area (Å²) < 4.78 is 19.5. The first-order valence-electron chi connectivity index (χ1n) is 8.52. The molecule has 7 nitrogen and oxygen atoms in total. The molecule has 8 heteroatoms. The summed E-state index contributed by atoms with van der Waals surface area (Å²) in [5, 5.41) is 4.43. The van der Waals surface area contributed by atoms with Gasteiger partial charge < -0.3 is 10.5 Å². The van der Waals surface area contributed by atoms with Gasteiger partial charge in [-0.05, 0) is 32.0 Å². The molecular formula is C19H20FN5O2. The molecule has 2 aromatic heterocycles. The highest BCUT2D eigenvalue weighted by molar-refractivity contribution is 5.81. The van der Waals surface area contributed by atoms with Crippen LogP contribution in [0, 0.1) is 0 Å². The third-order valence-electron chi connectivity index (χ3n) is 3.87. The lowest BCUT2D eigenvalue weighted by molar-refractivity contribution is 0.274. The fraction of sp³-hybridized carbons (Fsp3) is 0.263. The van der Waals surface area contributed by atoms with E-state index in [0.29, 0.717) is 28.3 Å². The first-order valence-corrected chi connectivity index (χ1v) is 8.52. The lowest BCUT2D eigenvalue weighted by Crippen LogP contribution is -2.24. The Labute approximate surface area is 155 Å². The third kappa shape index (κ3) is 3.94. The van der Waals surface area contributed by atoms with Crippen molar-refractivity contribution in [2.24, 2.45) is 0 Å². The highest BCUT2D eigenvalue weighted by atomic mass is 19.1. The molecule has 0 atom stereocenters. The van der Waals surface area contributed by atoms with Crippen molar-refractivity contribution >= 4 is 5.95 Å². The second-order valence-corrected chi connectivity index (χ2v) is 6.12. The molecule has 0 amide bonds. The van der Waals surface area contributed by atoms with Crippen molar-refractivity contribution in [3.05, 3.63) is 52.9 Å². The van der Waals surface area contributed by atoms with Gasteiger partial charge in [-0.2, -0.15) is 5.10 Å². The molecule has 0 aliphatic carbocycles. The molecule has 0 bridgehead atoms. The standard InChI is InChI=1S/C19H20FN5O2/c1-12(2)25-17(26)8-7-15(24-25)14-11-22-19(21)23-18(14)13-5-3-4-6-16(13)27-10-9-20/h3-8,11-12H,9-10H2,1-2H3,(H2,21,22,23). The first kappa shape index (κ1) is 18.5. The second-order valence-electron chi connectivity index (χ2n) is 6.12. The van der Waals surface area contributed by atoms with E-state index in [1.807, 2.05) is 19.9 Å². The Balaban J connectivity index is 2.19. The molecule has 0 spiro atoms. The Morgan fingerprint density at radius 2 is 1.96 bits per heavy atom. The average Bonchev–Trinajstić information content (AvgIpc) is 2.67. The summed E-state index contributed by atoms with van der Waals surface area (Å²) in [4.78, 5) is 20.4. The van der Waals surface area contributed by atoms with Gasteiger partial charge in [-0.25, -0.2) is 19.0 Å². The summed E-state index contributed by atoms with van der Waals surface area (Å²) >= 11 is 0. The minimum absolute atomic E-state index is 0.0661. The van der Waals surface area contributed by atoms with Gasteiger partial charge in [-0.3, -0.25) is 4.79 Å². The van der Waals surface area contributed by atoms with Gasteiger partial charge in [0.1, 0.15) is 19.0 Å². The number of alkyl halides is 1. The molecule has 0 saturated heterocycles. The Morgan fingerprint density at radius 1 is 1.19 bits per heavy atom. The number of nitrogen functional groups attached to an aromatic ring is 1. The average molecular weight is 369 g/mol. The van der Waals surface area contributed by atoms with Gasteiger partial charge in [-0.15, -0.1) is 0 Å². The van der Waals surface area contributed by atoms with Crippen LogP contribution in [0.25, 0.3) is 22.5 Å². The summed E-state index contributed by atoms with van der Waals surface area (Å²) in [6.07, 6.45) is 1.56. The Morgan fingerprint density at radius 3 is 2.70 bits per heavy atom. The fourth-order valence-corrected chi connectivity index (χ4v) is 2.66. The Bertz CT molecular complexity index is 1000. The van der Waals surface area contributed by atoms with Gasteiger partial charge in [0.15, 0.2) is 0 Å². The lowest BCUT2D eigenvalue weighted by atomic mass is 10.0. The number of ether oxygens (including phenoxy) is 1. The molecule has 2 N–H and O–H groups in total. The van der Waals surface area contributed by atoms with Crippen molar-refractivity contribution in [1.82, 2.24) is 19.7 Å². The SMILES string of the molecule is CC(C)n1nc(-c2cnc(N)nc2-c2ccccc2OCCF)ccc1=O. The molecule has 140 valence electrons. The zero-order chi connectivity index (χ0) is 19.4. The molecule has 3 rings (SSSR count). The van der Waals surface area contributed by atoms with Gasteiger partial charge in [-0.1, -0.05) is 12.1 Å². The topological polar surface area (TPSA) is 95.9 Å². The molecule has 1 aromatic carbocycles. The van der Waals surface area contributed by atoms with Crippen LogP contribution in [0.5, 0.6) is 5.75 Å². The molecule has 0 saturated carbocycles. The molecule has 0 aliphatic rings. The maximum absolute atomic E-state index is 12.6. The van der Waals surface area contributed by atoms with Gasteiger partial charge >= 0.3 is 0 Å². The van der Waals surface area contributed by atoms with E-state index in [1.54, 1.807) is 30.5 Å². The number of rotatable bonds is 6. The number of hydrogen-bond acceptors (Lipinski definition) is 6. The maximum Gasteiger partial charge on any atom is 0.267 e. The summed E-state index contributed by atoms with van der Waals surface area (Å²) in [6, 6.07) is 10.1. The van der Waals surface area contributed by atoms with E-state index >= 15 is 0 Å². The predicted octanol–water partition coefficient (Wildman–Crippen LogP) is 2.88. The number of hydrogen-bond donors (Lipinski definition) is 1. The first-order chi connectivity index (χ1) is 13.0. The maximum atomic E-state index is 12.6. The molecule has 0 radical (unpaired) electrons. The largest absolute Gasteiger partial charge is 0.490 e. The summed E-state index contributed by atoms with van der Waals surface area (Å²) in [5.74, 6) is 0.568. The molecule has 3 aromatic rings. The Kier molecular flexibility index (Phi) is 5.44. The van der Waals surface area contributed by atoms with Gasteiger partial charge in [0.2, 0.25) is 5.95 Å². The van der Waals surface area contributed by atoms with E-state index in [9.17, 15) is 9.18 Å². The predicted molar refractivity (Wildman–Crippen MR) is 101 cm³/mol. The zero-order valence-corrected chi connectivity index (χ0v) is 15.1. The summed E-state index contributed by atoms with van der Waals surface area (Å²) in [7, 11) is 0. The molecule has 27 heavy (non-hydrogen) atoms. The number of nitrogens with zero attached hydrogens (tertiary/aromatic N) is 4. The number of aromatic nitrogens is 4. The van der Waals surface area contributed by atoms with Crippen LogP contribution in [0.15, 0.2) is 47.4 Å². The molecule has 0 aliphatic heterocycles. The van der Waals surface area contributed by atoms with Crippen molar-refractivity contribution in [3.63, 3.8) is 0 Å². The van der Waals surface area contributed by atoms with Crippen LogP contribution in [0.3, 0.4) is 0 Å². The van der Waals surface area contributed by atoms with Crippen LogP contribution in [-0.2, 0) is 0 Å². The van der Waals surface area contributed by atoms with E-state index in [1.165, 1.54) is 10.7 Å². The van der Waals surface area contributed by atoms with Crippen LogP contribution in [-0.4, -0.2) is 33.0 Å². The van der Waals surface area contributed by atoms with E-state index in [0.717, 1.165) is 0 Å². The van der Waals surface area contributed by atoms with Crippen LogP contribution < -0.4 is 16.0 Å². The zero-order valence-electron chi connectivity index (χ0n) is 15.1. The van der Waals surface area contributed by atoms with Crippen molar-refractivity contribution in [2.45, 2.75) is 19.9 Å². The Hall–Kier alpha value is -3.29. The quantitative estimate of drug-likeness (QED) is 0.718. The fourth-order valence-electron chi connectivity index (χ4n) is 2.66. The van der Waals surface area contributed by atoms with Crippen molar-refractivity contribution in [2.75, 3.05) is 19.0 Å². The van der Waals surface area contributed by atoms with Crippen molar-refractivity contribution in [1.29, 1.82) is 0 Å². The summed E-state index contributed by atoms with van der Waals surface area (Å²) in [5.41, 5.74) is 7.86. The van der Waals surface area contributed by atoms with Crippen LogP contribution in [0.4, 0.5) is 10.3 Å². The summed E-state index contributed by atoms with van der Waals surface area (Å²) in [6.45, 7) is 3.08. The second kappa shape index (κ2) is 7.94. The van der Waals surface area contributed by atoms with Gasteiger partial charge in [0.25, 0.3) is 5.56 Å². The number of anilines is 1. The third-order valence-corrected chi connectivity index (χ3v) is 3.87. The molecule has 0 unspecified atom stereocenters.